The summed E-state index contributed by atoms with van der Waals surface area (Å²) in [5, 5.41) is 3.49. The first-order valence-electron chi connectivity index (χ1n) is 10.6. The first-order chi connectivity index (χ1) is 15.0. The average molecular weight is 418 g/mol. The Labute approximate surface area is 180 Å². The van der Waals surface area contributed by atoms with E-state index in [0.29, 0.717) is 24.0 Å². The predicted octanol–water partition coefficient (Wildman–Crippen LogP) is 2.97. The number of piperidine rings is 1. The average Bonchev–Trinajstić information content (AvgIpc) is 2.79. The summed E-state index contributed by atoms with van der Waals surface area (Å²) in [6, 6.07) is 14.9. The molecule has 4 rings (SSSR count). The molecule has 0 bridgehead atoms. The molecule has 31 heavy (non-hydrogen) atoms. The number of hydrogen-bond donors (Lipinski definition) is 1. The minimum absolute atomic E-state index is 0.0477. The number of rotatable bonds is 5. The molecule has 1 unspecified atom stereocenters. The maximum absolute atomic E-state index is 12.8. The molecule has 0 spiro atoms. The Kier molecular flexibility index (Phi) is 6.11. The van der Waals surface area contributed by atoms with Crippen molar-refractivity contribution in [3.63, 3.8) is 0 Å². The first-order valence-corrected chi connectivity index (χ1v) is 10.6. The minimum Gasteiger partial charge on any atom is -0.342 e. The molecule has 0 saturated carbocycles. The second-order valence-corrected chi connectivity index (χ2v) is 8.00. The van der Waals surface area contributed by atoms with E-state index in [1.807, 2.05) is 49.4 Å². The number of para-hydroxylation sites is 2. The zero-order chi connectivity index (χ0) is 21.8. The van der Waals surface area contributed by atoms with Crippen molar-refractivity contribution in [1.29, 1.82) is 0 Å². The smallest absolute Gasteiger partial charge is 0.261 e. The van der Waals surface area contributed by atoms with Gasteiger partial charge in [-0.1, -0.05) is 30.3 Å². The summed E-state index contributed by atoms with van der Waals surface area (Å²) in [5.41, 5.74) is 2.26. The van der Waals surface area contributed by atoms with E-state index in [4.69, 9.17) is 0 Å². The van der Waals surface area contributed by atoms with Gasteiger partial charge in [-0.3, -0.25) is 19.0 Å². The summed E-state index contributed by atoms with van der Waals surface area (Å²) in [7, 11) is 0. The van der Waals surface area contributed by atoms with Crippen molar-refractivity contribution in [2.24, 2.45) is 5.92 Å². The van der Waals surface area contributed by atoms with Gasteiger partial charge in [0.05, 0.1) is 23.1 Å². The van der Waals surface area contributed by atoms with Gasteiger partial charge in [0.2, 0.25) is 11.8 Å². The number of amides is 2. The van der Waals surface area contributed by atoms with Crippen molar-refractivity contribution < 1.29 is 9.59 Å². The van der Waals surface area contributed by atoms with Crippen molar-refractivity contribution in [2.75, 3.05) is 18.4 Å². The molecule has 7 nitrogen and oxygen atoms in total. The lowest BCUT2D eigenvalue weighted by molar-refractivity contribution is -0.134. The van der Waals surface area contributed by atoms with Crippen molar-refractivity contribution in [3.8, 4) is 0 Å². The summed E-state index contributed by atoms with van der Waals surface area (Å²) in [6.07, 6.45) is 3.26. The van der Waals surface area contributed by atoms with E-state index in [1.165, 1.54) is 10.9 Å². The summed E-state index contributed by atoms with van der Waals surface area (Å²) >= 11 is 0. The minimum atomic E-state index is -0.231. The summed E-state index contributed by atoms with van der Waals surface area (Å²) in [5.74, 6) is -0.339. The molecule has 1 fully saturated rings. The van der Waals surface area contributed by atoms with Crippen molar-refractivity contribution in [1.82, 2.24) is 14.5 Å². The van der Waals surface area contributed by atoms with Gasteiger partial charge in [-0.15, -0.1) is 0 Å². The first kappa shape index (κ1) is 20.8. The number of anilines is 1. The lowest BCUT2D eigenvalue weighted by Crippen LogP contribution is -2.44. The van der Waals surface area contributed by atoms with Crippen LogP contribution in [0.3, 0.4) is 0 Å². The van der Waals surface area contributed by atoms with Gasteiger partial charge < -0.3 is 10.2 Å². The highest BCUT2D eigenvalue weighted by Gasteiger charge is 2.28. The van der Waals surface area contributed by atoms with E-state index in [2.05, 4.69) is 10.3 Å². The zero-order valence-corrected chi connectivity index (χ0v) is 17.6. The molecule has 2 aromatic carbocycles. The molecule has 1 aliphatic heterocycles. The van der Waals surface area contributed by atoms with Crippen LogP contribution in [0.4, 0.5) is 5.69 Å². The topological polar surface area (TPSA) is 84.3 Å². The molecule has 0 aliphatic carbocycles. The van der Waals surface area contributed by atoms with Crippen LogP contribution < -0.4 is 10.9 Å². The molecular formula is C24H26N4O3. The molecule has 2 amide bonds. The Hall–Kier alpha value is -3.48. The molecule has 1 saturated heterocycles. The van der Waals surface area contributed by atoms with E-state index < -0.39 is 0 Å². The molecule has 160 valence electrons. The van der Waals surface area contributed by atoms with Crippen LogP contribution in [-0.2, 0) is 16.1 Å². The van der Waals surface area contributed by atoms with Gasteiger partial charge in [0.15, 0.2) is 0 Å². The molecule has 0 radical (unpaired) electrons. The monoisotopic (exact) mass is 418 g/mol. The summed E-state index contributed by atoms with van der Waals surface area (Å²) in [4.78, 5) is 44.3. The van der Waals surface area contributed by atoms with Gasteiger partial charge in [0.25, 0.3) is 5.56 Å². The fourth-order valence-corrected chi connectivity index (χ4v) is 4.05. The number of benzene rings is 2. The van der Waals surface area contributed by atoms with Crippen LogP contribution in [0.1, 0.15) is 24.8 Å². The van der Waals surface area contributed by atoms with Crippen LogP contribution in [0, 0.1) is 12.8 Å². The third-order valence-electron chi connectivity index (χ3n) is 5.81. The van der Waals surface area contributed by atoms with Crippen molar-refractivity contribution >= 4 is 28.4 Å². The van der Waals surface area contributed by atoms with Crippen LogP contribution in [0.2, 0.25) is 0 Å². The fraction of sp³-hybridized carbons (Fsp3) is 0.333. The standard InChI is InChI=1S/C24H26N4O3/c1-17-7-5-11-20-22(17)25-16-28(24(20)31)14-12-21(29)27-13-6-8-18(15-27)23(30)26-19-9-3-2-4-10-19/h2-5,7,9-11,16,18H,6,8,12-15H2,1H3,(H,26,30). The number of aryl methyl sites for hydroxylation is 2. The fourth-order valence-electron chi connectivity index (χ4n) is 4.05. The van der Waals surface area contributed by atoms with E-state index >= 15 is 0 Å². The maximum atomic E-state index is 12.8. The number of aromatic nitrogens is 2. The van der Waals surface area contributed by atoms with Crippen LogP contribution in [0.5, 0.6) is 0 Å². The molecule has 1 atom stereocenters. The van der Waals surface area contributed by atoms with Crippen molar-refractivity contribution in [3.05, 3.63) is 70.8 Å². The van der Waals surface area contributed by atoms with Gasteiger partial charge in [-0.25, -0.2) is 4.98 Å². The molecule has 1 N–H and O–H groups in total. The number of nitrogens with zero attached hydrogens (tertiary/aromatic N) is 3. The number of hydrogen-bond acceptors (Lipinski definition) is 4. The van der Waals surface area contributed by atoms with Gasteiger partial charge in [-0.2, -0.15) is 0 Å². The summed E-state index contributed by atoms with van der Waals surface area (Å²) in [6.45, 7) is 3.23. The second kappa shape index (κ2) is 9.12. The predicted molar refractivity (Wildman–Crippen MR) is 120 cm³/mol. The number of likely N-dealkylation sites (tertiary alicyclic amines) is 1. The third kappa shape index (κ3) is 4.66. The number of carbonyl (C=O) groups is 2. The maximum Gasteiger partial charge on any atom is 0.261 e. The van der Waals surface area contributed by atoms with Crippen molar-refractivity contribution in [2.45, 2.75) is 32.7 Å². The van der Waals surface area contributed by atoms with E-state index in [-0.39, 0.29) is 36.3 Å². The van der Waals surface area contributed by atoms with Gasteiger partial charge in [-0.05, 0) is 43.5 Å². The highest BCUT2D eigenvalue weighted by Crippen LogP contribution is 2.20. The Balaban J connectivity index is 1.37. The molecule has 3 aromatic rings. The third-order valence-corrected chi connectivity index (χ3v) is 5.81. The molecular weight excluding hydrogens is 392 g/mol. The molecule has 7 heteroatoms. The van der Waals surface area contributed by atoms with E-state index in [0.717, 1.165) is 24.1 Å². The largest absolute Gasteiger partial charge is 0.342 e. The van der Waals surface area contributed by atoms with Crippen LogP contribution in [-0.4, -0.2) is 39.4 Å². The zero-order valence-electron chi connectivity index (χ0n) is 17.6. The highest BCUT2D eigenvalue weighted by atomic mass is 16.2. The van der Waals surface area contributed by atoms with Gasteiger partial charge >= 0.3 is 0 Å². The van der Waals surface area contributed by atoms with E-state index in [9.17, 15) is 14.4 Å². The number of fused-ring (bicyclic) bond motifs is 1. The lowest BCUT2D eigenvalue weighted by atomic mass is 9.96. The quantitative estimate of drug-likeness (QED) is 0.690. The highest BCUT2D eigenvalue weighted by molar-refractivity contribution is 5.93. The second-order valence-electron chi connectivity index (χ2n) is 8.00. The van der Waals surface area contributed by atoms with Crippen LogP contribution >= 0.6 is 0 Å². The number of carbonyl (C=O) groups excluding carboxylic acids is 2. The molecule has 1 aromatic heterocycles. The molecule has 2 heterocycles. The number of nitrogens with one attached hydrogen (secondary N) is 1. The van der Waals surface area contributed by atoms with Crippen LogP contribution in [0.25, 0.3) is 10.9 Å². The summed E-state index contributed by atoms with van der Waals surface area (Å²) < 4.78 is 1.49. The molecule has 1 aliphatic rings. The lowest BCUT2D eigenvalue weighted by Gasteiger charge is -2.32. The Bertz CT molecular complexity index is 1160. The van der Waals surface area contributed by atoms with Crippen LogP contribution in [0.15, 0.2) is 59.7 Å². The Morgan fingerprint density at radius 2 is 1.94 bits per heavy atom. The SMILES string of the molecule is Cc1cccc2c(=O)n(CCC(=O)N3CCCC(C(=O)Nc4ccccc4)C3)cnc12. The van der Waals surface area contributed by atoms with Gasteiger partial charge in [0, 0.05) is 31.7 Å². The Morgan fingerprint density at radius 1 is 1.13 bits per heavy atom. The normalized spacial score (nSPS) is 16.3. The Morgan fingerprint density at radius 3 is 2.74 bits per heavy atom. The van der Waals surface area contributed by atoms with Gasteiger partial charge in [0.1, 0.15) is 0 Å². The van der Waals surface area contributed by atoms with E-state index in [1.54, 1.807) is 11.0 Å².